The number of aliphatic hydroxyl groups is 1. The highest BCUT2D eigenvalue weighted by Crippen LogP contribution is 2.42. The Hall–Kier alpha value is -1.06. The summed E-state index contributed by atoms with van der Waals surface area (Å²) in [7, 11) is 0. The van der Waals surface area contributed by atoms with Gasteiger partial charge in [-0.25, -0.2) is 0 Å². The van der Waals surface area contributed by atoms with E-state index in [4.69, 9.17) is 5.73 Å². The summed E-state index contributed by atoms with van der Waals surface area (Å²) in [6, 6.07) is 6.13. The molecule has 1 fully saturated rings. The van der Waals surface area contributed by atoms with Gasteiger partial charge in [0.25, 0.3) is 0 Å². The molecule has 0 aromatic heterocycles. The fraction of sp³-hybridized carbons (Fsp3) is 0.571. The van der Waals surface area contributed by atoms with Crippen LogP contribution in [-0.4, -0.2) is 17.7 Å². The van der Waals surface area contributed by atoms with Crippen molar-refractivity contribution >= 4 is 5.69 Å². The van der Waals surface area contributed by atoms with E-state index in [-0.39, 0.29) is 6.04 Å². The second kappa shape index (κ2) is 4.00. The summed E-state index contributed by atoms with van der Waals surface area (Å²) in [5.41, 5.74) is 8.23. The second-order valence-electron chi connectivity index (χ2n) is 5.34. The molecule has 1 aromatic rings. The molecule has 0 bridgehead atoms. The lowest BCUT2D eigenvalue weighted by molar-refractivity contribution is -0.0104. The van der Waals surface area contributed by atoms with E-state index in [1.807, 2.05) is 18.2 Å². The summed E-state index contributed by atoms with van der Waals surface area (Å²) in [5.74, 6) is 0. The average molecular weight is 232 g/mol. The first-order valence-corrected chi connectivity index (χ1v) is 6.55. The lowest BCUT2D eigenvalue weighted by atomic mass is 9.83. The number of nitrogen functional groups attached to an aromatic ring is 1. The fourth-order valence-corrected chi connectivity index (χ4v) is 3.32. The van der Waals surface area contributed by atoms with Crippen LogP contribution in [0.4, 0.5) is 5.69 Å². The average Bonchev–Trinajstić information content (AvgIpc) is 2.69. The predicted molar refractivity (Wildman–Crippen MR) is 68.7 cm³/mol. The van der Waals surface area contributed by atoms with Crippen LogP contribution in [0.1, 0.15) is 36.8 Å². The molecule has 4 N–H and O–H groups in total. The van der Waals surface area contributed by atoms with Gasteiger partial charge < -0.3 is 16.2 Å². The molecule has 1 aliphatic heterocycles. The van der Waals surface area contributed by atoms with Crippen LogP contribution in [0.5, 0.6) is 0 Å². The molecule has 2 unspecified atom stereocenters. The number of hydrogen-bond donors (Lipinski definition) is 3. The number of anilines is 1. The van der Waals surface area contributed by atoms with Gasteiger partial charge in [0.1, 0.15) is 5.60 Å². The minimum Gasteiger partial charge on any atom is -0.399 e. The molecule has 1 aromatic carbocycles. The Kier molecular flexibility index (Phi) is 2.60. The van der Waals surface area contributed by atoms with Crippen molar-refractivity contribution in [1.82, 2.24) is 5.32 Å². The first-order valence-electron chi connectivity index (χ1n) is 6.55. The van der Waals surface area contributed by atoms with Gasteiger partial charge in [-0.05, 0) is 55.5 Å². The lowest BCUT2D eigenvalue weighted by Crippen LogP contribution is -2.49. The molecule has 3 heteroatoms. The van der Waals surface area contributed by atoms with Crippen molar-refractivity contribution in [2.45, 2.75) is 43.7 Å². The molecule has 2 aliphatic rings. The molecule has 1 heterocycles. The zero-order valence-electron chi connectivity index (χ0n) is 10.1. The fourth-order valence-electron chi connectivity index (χ4n) is 3.32. The van der Waals surface area contributed by atoms with E-state index in [2.05, 4.69) is 5.32 Å². The monoisotopic (exact) mass is 232 g/mol. The third kappa shape index (κ3) is 1.74. The van der Waals surface area contributed by atoms with Gasteiger partial charge in [0.15, 0.2) is 0 Å². The number of piperidine rings is 1. The minimum absolute atomic E-state index is 0.209. The number of nitrogens with one attached hydrogen (secondary N) is 1. The van der Waals surface area contributed by atoms with Crippen molar-refractivity contribution in [3.05, 3.63) is 29.3 Å². The molecular formula is C14H20N2O. The Balaban J connectivity index is 1.95. The molecule has 92 valence electrons. The SMILES string of the molecule is Nc1ccc2c(c1)CCC2(O)C1CCCCN1. The highest BCUT2D eigenvalue weighted by molar-refractivity contribution is 5.49. The van der Waals surface area contributed by atoms with Crippen molar-refractivity contribution in [2.75, 3.05) is 12.3 Å². The second-order valence-corrected chi connectivity index (χ2v) is 5.34. The topological polar surface area (TPSA) is 58.3 Å². The zero-order valence-corrected chi connectivity index (χ0v) is 10.1. The molecule has 0 spiro atoms. The molecule has 2 atom stereocenters. The van der Waals surface area contributed by atoms with Gasteiger partial charge in [-0.3, -0.25) is 0 Å². The molecule has 1 saturated heterocycles. The third-order valence-electron chi connectivity index (χ3n) is 4.26. The summed E-state index contributed by atoms with van der Waals surface area (Å²) in [6.45, 7) is 1.03. The summed E-state index contributed by atoms with van der Waals surface area (Å²) in [4.78, 5) is 0. The van der Waals surface area contributed by atoms with Gasteiger partial charge >= 0.3 is 0 Å². The van der Waals surface area contributed by atoms with Gasteiger partial charge in [-0.1, -0.05) is 12.5 Å². The Morgan fingerprint density at radius 2 is 2.24 bits per heavy atom. The van der Waals surface area contributed by atoms with Crippen LogP contribution in [0.15, 0.2) is 18.2 Å². The van der Waals surface area contributed by atoms with Crippen molar-refractivity contribution < 1.29 is 5.11 Å². The van der Waals surface area contributed by atoms with Crippen LogP contribution in [0.3, 0.4) is 0 Å². The Bertz CT molecular complexity index is 426. The van der Waals surface area contributed by atoms with E-state index in [9.17, 15) is 5.11 Å². The Morgan fingerprint density at radius 1 is 1.35 bits per heavy atom. The van der Waals surface area contributed by atoms with E-state index in [0.717, 1.165) is 37.1 Å². The minimum atomic E-state index is -0.677. The van der Waals surface area contributed by atoms with Crippen LogP contribution < -0.4 is 11.1 Å². The number of nitrogens with two attached hydrogens (primary N) is 1. The first kappa shape index (κ1) is 11.1. The number of benzene rings is 1. The number of aryl methyl sites for hydroxylation is 1. The Labute approximate surface area is 102 Å². The molecule has 17 heavy (non-hydrogen) atoms. The summed E-state index contributed by atoms with van der Waals surface area (Å²) < 4.78 is 0. The molecule has 3 rings (SSSR count). The molecule has 0 saturated carbocycles. The maximum atomic E-state index is 11.0. The zero-order chi connectivity index (χ0) is 11.9. The van der Waals surface area contributed by atoms with E-state index < -0.39 is 5.60 Å². The number of hydrogen-bond acceptors (Lipinski definition) is 3. The van der Waals surface area contributed by atoms with E-state index in [1.165, 1.54) is 18.4 Å². The molecule has 1 aliphatic carbocycles. The highest BCUT2D eigenvalue weighted by atomic mass is 16.3. The summed E-state index contributed by atoms with van der Waals surface area (Å²) in [6.07, 6.45) is 5.27. The third-order valence-corrected chi connectivity index (χ3v) is 4.26. The molecule has 3 nitrogen and oxygen atoms in total. The van der Waals surface area contributed by atoms with Crippen molar-refractivity contribution in [3.8, 4) is 0 Å². The van der Waals surface area contributed by atoms with Crippen LogP contribution in [0, 0.1) is 0 Å². The lowest BCUT2D eigenvalue weighted by Gasteiger charge is -2.37. The van der Waals surface area contributed by atoms with Crippen LogP contribution in [0.25, 0.3) is 0 Å². The van der Waals surface area contributed by atoms with Crippen LogP contribution >= 0.6 is 0 Å². The van der Waals surface area contributed by atoms with E-state index in [0.29, 0.717) is 0 Å². The van der Waals surface area contributed by atoms with Gasteiger partial charge in [0.05, 0.1) is 0 Å². The smallest absolute Gasteiger partial charge is 0.105 e. The summed E-state index contributed by atoms with van der Waals surface area (Å²) >= 11 is 0. The van der Waals surface area contributed by atoms with Gasteiger partial charge in [-0.2, -0.15) is 0 Å². The largest absolute Gasteiger partial charge is 0.399 e. The number of fused-ring (bicyclic) bond motifs is 1. The van der Waals surface area contributed by atoms with Crippen molar-refractivity contribution in [2.24, 2.45) is 0 Å². The molecule has 0 radical (unpaired) electrons. The maximum Gasteiger partial charge on any atom is 0.105 e. The molecule has 0 amide bonds. The van der Waals surface area contributed by atoms with E-state index >= 15 is 0 Å². The van der Waals surface area contributed by atoms with Crippen molar-refractivity contribution in [3.63, 3.8) is 0 Å². The van der Waals surface area contributed by atoms with Crippen LogP contribution in [-0.2, 0) is 12.0 Å². The predicted octanol–water partition coefficient (Wildman–Crippen LogP) is 1.54. The Morgan fingerprint density at radius 3 is 3.00 bits per heavy atom. The maximum absolute atomic E-state index is 11.0. The first-order chi connectivity index (χ1) is 8.20. The summed E-state index contributed by atoms with van der Waals surface area (Å²) in [5, 5.41) is 14.4. The number of rotatable bonds is 1. The standard InChI is InChI=1S/C14H20N2O/c15-11-4-5-12-10(9-11)6-7-14(12,17)13-3-1-2-8-16-13/h4-5,9,13,16-17H,1-3,6-8,15H2. The highest BCUT2D eigenvalue weighted by Gasteiger charge is 2.43. The van der Waals surface area contributed by atoms with Gasteiger partial charge in [0, 0.05) is 11.7 Å². The molecular weight excluding hydrogens is 212 g/mol. The van der Waals surface area contributed by atoms with Crippen molar-refractivity contribution in [1.29, 1.82) is 0 Å². The van der Waals surface area contributed by atoms with E-state index in [1.54, 1.807) is 0 Å². The van der Waals surface area contributed by atoms with Gasteiger partial charge in [0.2, 0.25) is 0 Å². The normalized spacial score (nSPS) is 32.4. The van der Waals surface area contributed by atoms with Gasteiger partial charge in [-0.15, -0.1) is 0 Å². The quantitative estimate of drug-likeness (QED) is 0.644. The van der Waals surface area contributed by atoms with Crippen LogP contribution in [0.2, 0.25) is 0 Å².